The molecule has 2 rings (SSSR count). The maximum absolute atomic E-state index is 11.7. The van der Waals surface area contributed by atoms with Crippen LogP contribution in [-0.4, -0.2) is 37.7 Å². The lowest BCUT2D eigenvalue weighted by atomic mass is 10.1. The Morgan fingerprint density at radius 1 is 1.33 bits per heavy atom. The fourth-order valence-electron chi connectivity index (χ4n) is 2.22. The third kappa shape index (κ3) is 3.18. The molecule has 2 atom stereocenters. The predicted octanol–water partition coefficient (Wildman–Crippen LogP) is 0.424. The van der Waals surface area contributed by atoms with E-state index in [-0.39, 0.29) is 12.0 Å². The molecule has 0 aromatic heterocycles. The van der Waals surface area contributed by atoms with Crippen LogP contribution in [-0.2, 0) is 9.53 Å². The molecule has 2 aliphatic heterocycles. The van der Waals surface area contributed by atoms with Gasteiger partial charge in [-0.15, -0.1) is 0 Å². The summed E-state index contributed by atoms with van der Waals surface area (Å²) in [5.41, 5.74) is 0. The molecule has 0 aliphatic carbocycles. The maximum atomic E-state index is 11.7. The van der Waals surface area contributed by atoms with Gasteiger partial charge in [-0.1, -0.05) is 0 Å². The average Bonchev–Trinajstić information content (AvgIpc) is 2.80. The van der Waals surface area contributed by atoms with Crippen LogP contribution in [0.1, 0.15) is 32.1 Å². The lowest BCUT2D eigenvalue weighted by molar-refractivity contribution is -0.135. The van der Waals surface area contributed by atoms with Crippen LogP contribution in [0.5, 0.6) is 0 Å². The van der Waals surface area contributed by atoms with E-state index in [4.69, 9.17) is 4.74 Å². The molecule has 2 N–H and O–H groups in total. The van der Waals surface area contributed by atoms with Crippen molar-refractivity contribution in [1.82, 2.24) is 10.6 Å². The van der Waals surface area contributed by atoms with Crippen molar-refractivity contribution in [1.29, 1.82) is 0 Å². The molecule has 2 heterocycles. The Bertz CT molecular complexity index is 209. The summed E-state index contributed by atoms with van der Waals surface area (Å²) in [6, 6.07) is 0.470. The Balaban J connectivity index is 1.66. The Hall–Kier alpha value is -0.610. The standard InChI is InChI=1S/C11H20N2O2/c14-11(10-5-1-2-7-15-10)13-8-9-4-3-6-12-9/h9-10,12H,1-8H2,(H,13,14). The fourth-order valence-corrected chi connectivity index (χ4v) is 2.22. The summed E-state index contributed by atoms with van der Waals surface area (Å²) in [4.78, 5) is 11.7. The van der Waals surface area contributed by atoms with Crippen molar-refractivity contribution in [2.75, 3.05) is 19.7 Å². The maximum Gasteiger partial charge on any atom is 0.249 e. The second-order valence-corrected chi connectivity index (χ2v) is 4.39. The first kappa shape index (κ1) is 10.9. The smallest absolute Gasteiger partial charge is 0.249 e. The monoisotopic (exact) mass is 212 g/mol. The molecule has 0 radical (unpaired) electrons. The molecule has 0 saturated carbocycles. The van der Waals surface area contributed by atoms with Crippen LogP contribution in [0.25, 0.3) is 0 Å². The first-order valence-electron chi connectivity index (χ1n) is 5.99. The second kappa shape index (κ2) is 5.47. The van der Waals surface area contributed by atoms with Gasteiger partial charge in [0, 0.05) is 19.2 Å². The van der Waals surface area contributed by atoms with Gasteiger partial charge in [0.25, 0.3) is 0 Å². The zero-order valence-corrected chi connectivity index (χ0v) is 9.13. The van der Waals surface area contributed by atoms with E-state index in [0.29, 0.717) is 6.04 Å². The van der Waals surface area contributed by atoms with E-state index < -0.39 is 0 Å². The number of carbonyl (C=O) groups is 1. The zero-order chi connectivity index (χ0) is 10.5. The lowest BCUT2D eigenvalue weighted by Gasteiger charge is -2.22. The van der Waals surface area contributed by atoms with E-state index >= 15 is 0 Å². The highest BCUT2D eigenvalue weighted by Crippen LogP contribution is 2.12. The normalized spacial score (nSPS) is 31.5. The van der Waals surface area contributed by atoms with Gasteiger partial charge < -0.3 is 15.4 Å². The molecule has 4 heteroatoms. The zero-order valence-electron chi connectivity index (χ0n) is 9.13. The van der Waals surface area contributed by atoms with E-state index in [1.54, 1.807) is 0 Å². The fraction of sp³-hybridized carbons (Fsp3) is 0.909. The van der Waals surface area contributed by atoms with Crippen LogP contribution < -0.4 is 10.6 Å². The number of carbonyl (C=O) groups excluding carboxylic acids is 1. The number of hydrogen-bond acceptors (Lipinski definition) is 3. The largest absolute Gasteiger partial charge is 0.368 e. The van der Waals surface area contributed by atoms with Gasteiger partial charge in [0.2, 0.25) is 5.91 Å². The van der Waals surface area contributed by atoms with Gasteiger partial charge in [-0.2, -0.15) is 0 Å². The summed E-state index contributed by atoms with van der Waals surface area (Å²) in [6.45, 7) is 2.57. The molecule has 0 bridgehead atoms. The van der Waals surface area contributed by atoms with Gasteiger partial charge in [0.1, 0.15) is 6.10 Å². The average molecular weight is 212 g/mol. The number of amides is 1. The summed E-state index contributed by atoms with van der Waals surface area (Å²) in [7, 11) is 0. The molecular formula is C11H20N2O2. The summed E-state index contributed by atoms with van der Waals surface area (Å²) in [5, 5.41) is 6.33. The minimum absolute atomic E-state index is 0.0726. The van der Waals surface area contributed by atoms with Crippen molar-refractivity contribution in [2.45, 2.75) is 44.2 Å². The van der Waals surface area contributed by atoms with E-state index in [1.807, 2.05) is 0 Å². The molecule has 2 unspecified atom stereocenters. The van der Waals surface area contributed by atoms with Crippen molar-refractivity contribution in [3.05, 3.63) is 0 Å². The third-order valence-corrected chi connectivity index (χ3v) is 3.16. The SMILES string of the molecule is O=C(NCC1CCCN1)C1CCCCO1. The molecule has 0 aromatic rings. The van der Waals surface area contributed by atoms with E-state index in [1.165, 1.54) is 12.8 Å². The number of nitrogens with one attached hydrogen (secondary N) is 2. The second-order valence-electron chi connectivity index (χ2n) is 4.39. The molecular weight excluding hydrogens is 192 g/mol. The van der Waals surface area contributed by atoms with Gasteiger partial charge in [-0.05, 0) is 38.6 Å². The van der Waals surface area contributed by atoms with Crippen molar-refractivity contribution >= 4 is 5.91 Å². The van der Waals surface area contributed by atoms with E-state index in [2.05, 4.69) is 10.6 Å². The number of hydrogen-bond donors (Lipinski definition) is 2. The molecule has 4 nitrogen and oxygen atoms in total. The predicted molar refractivity (Wildman–Crippen MR) is 57.6 cm³/mol. The van der Waals surface area contributed by atoms with Crippen LogP contribution in [0.4, 0.5) is 0 Å². The first-order chi connectivity index (χ1) is 7.36. The molecule has 2 fully saturated rings. The Morgan fingerprint density at radius 2 is 2.27 bits per heavy atom. The van der Waals surface area contributed by atoms with Crippen LogP contribution >= 0.6 is 0 Å². The van der Waals surface area contributed by atoms with Gasteiger partial charge in [-0.25, -0.2) is 0 Å². The summed E-state index contributed by atoms with van der Waals surface area (Å²) in [6.07, 6.45) is 5.28. The Morgan fingerprint density at radius 3 is 2.93 bits per heavy atom. The highest BCUT2D eigenvalue weighted by molar-refractivity contribution is 5.80. The summed E-state index contributed by atoms with van der Waals surface area (Å²) < 4.78 is 5.42. The van der Waals surface area contributed by atoms with Gasteiger partial charge in [-0.3, -0.25) is 4.79 Å². The summed E-state index contributed by atoms with van der Waals surface area (Å²) >= 11 is 0. The Kier molecular flexibility index (Phi) is 3.97. The molecule has 0 aromatic carbocycles. The quantitative estimate of drug-likeness (QED) is 0.713. The van der Waals surface area contributed by atoms with E-state index in [9.17, 15) is 4.79 Å². The Labute approximate surface area is 90.8 Å². The molecule has 15 heavy (non-hydrogen) atoms. The molecule has 0 spiro atoms. The highest BCUT2D eigenvalue weighted by atomic mass is 16.5. The number of ether oxygens (including phenoxy) is 1. The van der Waals surface area contributed by atoms with Crippen LogP contribution in [0.15, 0.2) is 0 Å². The van der Waals surface area contributed by atoms with Crippen molar-refractivity contribution in [3.63, 3.8) is 0 Å². The van der Waals surface area contributed by atoms with Crippen molar-refractivity contribution < 1.29 is 9.53 Å². The van der Waals surface area contributed by atoms with Gasteiger partial charge >= 0.3 is 0 Å². The minimum Gasteiger partial charge on any atom is -0.368 e. The van der Waals surface area contributed by atoms with Gasteiger partial charge in [0.05, 0.1) is 0 Å². The highest BCUT2D eigenvalue weighted by Gasteiger charge is 2.23. The molecule has 86 valence electrons. The molecule has 2 saturated heterocycles. The topological polar surface area (TPSA) is 50.4 Å². The third-order valence-electron chi connectivity index (χ3n) is 3.16. The van der Waals surface area contributed by atoms with E-state index in [0.717, 1.165) is 39.0 Å². The van der Waals surface area contributed by atoms with Crippen LogP contribution in [0.2, 0.25) is 0 Å². The van der Waals surface area contributed by atoms with Crippen molar-refractivity contribution in [2.24, 2.45) is 0 Å². The van der Waals surface area contributed by atoms with Crippen LogP contribution in [0.3, 0.4) is 0 Å². The molecule has 1 amide bonds. The van der Waals surface area contributed by atoms with Crippen LogP contribution in [0, 0.1) is 0 Å². The summed E-state index contributed by atoms with van der Waals surface area (Å²) in [5.74, 6) is 0.0726. The molecule has 2 aliphatic rings. The van der Waals surface area contributed by atoms with Gasteiger partial charge in [0.15, 0.2) is 0 Å². The lowest BCUT2D eigenvalue weighted by Crippen LogP contribution is -2.43. The number of rotatable bonds is 3. The first-order valence-corrected chi connectivity index (χ1v) is 5.99. The minimum atomic E-state index is -0.194. The van der Waals surface area contributed by atoms with Crippen molar-refractivity contribution in [3.8, 4) is 0 Å².